The number of hydrogen-bond acceptors (Lipinski definition) is 7. The van der Waals surface area contributed by atoms with Crippen LogP contribution in [0.4, 0.5) is 5.13 Å². The van der Waals surface area contributed by atoms with Crippen molar-refractivity contribution in [3.05, 3.63) is 46.7 Å². The number of thioether (sulfide) groups is 1. The van der Waals surface area contributed by atoms with Gasteiger partial charge in [0.1, 0.15) is 12.4 Å². The Kier molecular flexibility index (Phi) is 6.46. The lowest BCUT2D eigenvalue weighted by atomic mass is 10.1. The van der Waals surface area contributed by atoms with Crippen molar-refractivity contribution in [2.45, 2.75) is 39.1 Å². The van der Waals surface area contributed by atoms with Crippen LogP contribution < -0.4 is 10.1 Å². The Balaban J connectivity index is 1.58. The van der Waals surface area contributed by atoms with Crippen LogP contribution in [0.5, 0.6) is 5.75 Å². The molecule has 0 saturated heterocycles. The zero-order valence-corrected chi connectivity index (χ0v) is 17.1. The molecule has 3 aromatic rings. The van der Waals surface area contributed by atoms with Gasteiger partial charge in [0, 0.05) is 18.1 Å². The molecule has 27 heavy (non-hydrogen) atoms. The van der Waals surface area contributed by atoms with E-state index in [2.05, 4.69) is 34.3 Å². The second kappa shape index (κ2) is 9.01. The van der Waals surface area contributed by atoms with Gasteiger partial charge in [0.15, 0.2) is 16.1 Å². The number of carbonyl (C=O) groups is 1. The van der Waals surface area contributed by atoms with Crippen molar-refractivity contribution in [1.82, 2.24) is 19.7 Å². The molecule has 0 bridgehead atoms. The van der Waals surface area contributed by atoms with E-state index < -0.39 is 0 Å². The highest BCUT2D eigenvalue weighted by molar-refractivity contribution is 7.99. The molecule has 1 N–H and O–H groups in total. The molecule has 0 saturated carbocycles. The minimum absolute atomic E-state index is 0.117. The van der Waals surface area contributed by atoms with Crippen molar-refractivity contribution >= 4 is 34.1 Å². The van der Waals surface area contributed by atoms with Crippen LogP contribution in [-0.4, -0.2) is 31.4 Å². The van der Waals surface area contributed by atoms with E-state index in [4.69, 9.17) is 4.74 Å². The van der Waals surface area contributed by atoms with Crippen LogP contribution >= 0.6 is 23.1 Å². The van der Waals surface area contributed by atoms with Gasteiger partial charge in [-0.1, -0.05) is 17.8 Å². The standard InChI is InChI=1S/C18H21N5O2S2/c1-4-23-15(10-25-14-6-5-12(2)13(3)9-14)21-22-18(23)27-11-16(24)20-17-19-7-8-26-17/h5-9H,4,10-11H2,1-3H3,(H,19,20,24). The average Bonchev–Trinajstić information content (AvgIpc) is 3.30. The fourth-order valence-electron chi connectivity index (χ4n) is 2.37. The Morgan fingerprint density at radius 1 is 1.30 bits per heavy atom. The van der Waals surface area contributed by atoms with E-state index in [1.165, 1.54) is 34.2 Å². The highest BCUT2D eigenvalue weighted by atomic mass is 32.2. The molecular formula is C18H21N5O2S2. The molecule has 0 aliphatic carbocycles. The number of ether oxygens (including phenoxy) is 1. The van der Waals surface area contributed by atoms with Gasteiger partial charge in [-0.2, -0.15) is 0 Å². The van der Waals surface area contributed by atoms with Gasteiger partial charge in [0.05, 0.1) is 5.75 Å². The molecule has 7 nitrogen and oxygen atoms in total. The largest absolute Gasteiger partial charge is 0.486 e. The lowest BCUT2D eigenvalue weighted by molar-refractivity contribution is -0.113. The summed E-state index contributed by atoms with van der Waals surface area (Å²) in [5.74, 6) is 1.67. The topological polar surface area (TPSA) is 81.9 Å². The van der Waals surface area contributed by atoms with E-state index >= 15 is 0 Å². The molecule has 0 atom stereocenters. The summed E-state index contributed by atoms with van der Waals surface area (Å²) in [7, 11) is 0. The van der Waals surface area contributed by atoms with Crippen LogP contribution in [0.25, 0.3) is 0 Å². The molecule has 0 unspecified atom stereocenters. The summed E-state index contributed by atoms with van der Waals surface area (Å²) in [5, 5.41) is 14.3. The number of aromatic nitrogens is 4. The Morgan fingerprint density at radius 2 is 2.15 bits per heavy atom. The Morgan fingerprint density at radius 3 is 2.85 bits per heavy atom. The van der Waals surface area contributed by atoms with E-state index in [0.717, 1.165) is 11.6 Å². The summed E-state index contributed by atoms with van der Waals surface area (Å²) in [6, 6.07) is 6.01. The van der Waals surface area contributed by atoms with Gasteiger partial charge in [-0.15, -0.1) is 21.5 Å². The van der Waals surface area contributed by atoms with Crippen LogP contribution in [0.3, 0.4) is 0 Å². The minimum Gasteiger partial charge on any atom is -0.486 e. The number of rotatable bonds is 8. The Labute approximate surface area is 166 Å². The van der Waals surface area contributed by atoms with Crippen LogP contribution in [-0.2, 0) is 17.9 Å². The summed E-state index contributed by atoms with van der Waals surface area (Å²) < 4.78 is 7.82. The number of aryl methyl sites for hydroxylation is 2. The predicted molar refractivity (Wildman–Crippen MR) is 107 cm³/mol. The van der Waals surface area contributed by atoms with Crippen molar-refractivity contribution in [3.8, 4) is 5.75 Å². The van der Waals surface area contributed by atoms with Gasteiger partial charge in [0.25, 0.3) is 0 Å². The molecule has 0 fully saturated rings. The summed E-state index contributed by atoms with van der Waals surface area (Å²) in [6.45, 7) is 7.18. The third-order valence-corrected chi connectivity index (χ3v) is 5.62. The van der Waals surface area contributed by atoms with Crippen molar-refractivity contribution < 1.29 is 9.53 Å². The molecule has 0 aliphatic rings. The maximum Gasteiger partial charge on any atom is 0.236 e. The average molecular weight is 404 g/mol. The molecule has 2 heterocycles. The zero-order valence-electron chi connectivity index (χ0n) is 15.4. The minimum atomic E-state index is -0.117. The van der Waals surface area contributed by atoms with Crippen molar-refractivity contribution in [2.75, 3.05) is 11.1 Å². The predicted octanol–water partition coefficient (Wildman–Crippen LogP) is 3.68. The van der Waals surface area contributed by atoms with Gasteiger partial charge >= 0.3 is 0 Å². The van der Waals surface area contributed by atoms with E-state index in [1.807, 2.05) is 35.1 Å². The van der Waals surface area contributed by atoms with Gasteiger partial charge in [0.2, 0.25) is 5.91 Å². The molecular weight excluding hydrogens is 382 g/mol. The van der Waals surface area contributed by atoms with E-state index in [-0.39, 0.29) is 11.7 Å². The number of nitrogens with one attached hydrogen (secondary N) is 1. The van der Waals surface area contributed by atoms with Crippen LogP contribution in [0.1, 0.15) is 23.9 Å². The second-order valence-corrected chi connectivity index (χ2v) is 7.69. The van der Waals surface area contributed by atoms with Crippen LogP contribution in [0.2, 0.25) is 0 Å². The van der Waals surface area contributed by atoms with E-state index in [9.17, 15) is 4.79 Å². The summed E-state index contributed by atoms with van der Waals surface area (Å²) in [4.78, 5) is 16.1. The fraction of sp³-hybridized carbons (Fsp3) is 0.333. The molecule has 3 rings (SSSR count). The lowest BCUT2D eigenvalue weighted by Gasteiger charge is -2.10. The SMILES string of the molecule is CCn1c(COc2ccc(C)c(C)c2)nnc1SCC(=O)Nc1nccs1. The van der Waals surface area contributed by atoms with Gasteiger partial charge in [-0.05, 0) is 44.0 Å². The Bertz CT molecular complexity index is 909. The number of amides is 1. The number of benzene rings is 1. The normalized spacial score (nSPS) is 10.8. The van der Waals surface area contributed by atoms with Crippen molar-refractivity contribution in [3.63, 3.8) is 0 Å². The molecule has 0 spiro atoms. The second-order valence-electron chi connectivity index (χ2n) is 5.85. The maximum atomic E-state index is 12.0. The molecule has 9 heteroatoms. The Hall–Kier alpha value is -2.39. The number of anilines is 1. The fourth-order valence-corrected chi connectivity index (χ4v) is 3.74. The summed E-state index contributed by atoms with van der Waals surface area (Å²) >= 11 is 2.74. The first kappa shape index (κ1) is 19.4. The zero-order chi connectivity index (χ0) is 19.2. The molecule has 142 valence electrons. The first-order valence-corrected chi connectivity index (χ1v) is 10.4. The van der Waals surface area contributed by atoms with Gasteiger partial charge < -0.3 is 14.6 Å². The third kappa shape index (κ3) is 5.08. The van der Waals surface area contributed by atoms with Crippen molar-refractivity contribution in [2.24, 2.45) is 0 Å². The third-order valence-electron chi connectivity index (χ3n) is 3.97. The number of hydrogen-bond donors (Lipinski definition) is 1. The first-order chi connectivity index (χ1) is 13.1. The smallest absolute Gasteiger partial charge is 0.236 e. The van der Waals surface area contributed by atoms with E-state index in [1.54, 1.807) is 6.20 Å². The summed E-state index contributed by atoms with van der Waals surface area (Å²) in [6.07, 6.45) is 1.66. The molecule has 0 aliphatic heterocycles. The van der Waals surface area contributed by atoms with Gasteiger partial charge in [-0.3, -0.25) is 4.79 Å². The maximum absolute atomic E-state index is 12.0. The molecule has 0 radical (unpaired) electrons. The number of nitrogens with zero attached hydrogens (tertiary/aromatic N) is 4. The molecule has 2 aromatic heterocycles. The van der Waals surface area contributed by atoms with E-state index in [0.29, 0.717) is 23.4 Å². The summed E-state index contributed by atoms with van der Waals surface area (Å²) in [5.41, 5.74) is 2.42. The van der Waals surface area contributed by atoms with Gasteiger partial charge in [-0.25, -0.2) is 4.98 Å². The van der Waals surface area contributed by atoms with Crippen molar-refractivity contribution in [1.29, 1.82) is 0 Å². The quantitative estimate of drug-likeness (QED) is 0.578. The highest BCUT2D eigenvalue weighted by Gasteiger charge is 2.14. The number of carbonyl (C=O) groups excluding carboxylic acids is 1. The number of thiazole rings is 1. The highest BCUT2D eigenvalue weighted by Crippen LogP contribution is 2.21. The monoisotopic (exact) mass is 403 g/mol. The molecule has 1 aromatic carbocycles. The van der Waals surface area contributed by atoms with Crippen LogP contribution in [0, 0.1) is 13.8 Å². The first-order valence-electron chi connectivity index (χ1n) is 8.51. The van der Waals surface area contributed by atoms with Crippen LogP contribution in [0.15, 0.2) is 34.9 Å². The lowest BCUT2D eigenvalue weighted by Crippen LogP contribution is -2.14. The molecule has 1 amide bonds.